The Kier molecular flexibility index (Phi) is 3.06. The molecule has 0 heterocycles. The third-order valence-corrected chi connectivity index (χ3v) is 6.98. The van der Waals surface area contributed by atoms with Crippen LogP contribution in [0.3, 0.4) is 0 Å². The van der Waals surface area contributed by atoms with Crippen LogP contribution in [0.2, 0.25) is 24.7 Å². The van der Waals surface area contributed by atoms with Crippen molar-refractivity contribution in [2.45, 2.75) is 19.6 Å². The molecular formula is C20H17ClOSi. The number of carbonyl (C=O) groups is 1. The molecule has 0 fully saturated rings. The normalized spacial score (nSPS) is 13.3. The molecule has 1 aliphatic carbocycles. The van der Waals surface area contributed by atoms with Crippen molar-refractivity contribution in [3.8, 4) is 11.1 Å². The van der Waals surface area contributed by atoms with Gasteiger partial charge in [0.15, 0.2) is 5.78 Å². The van der Waals surface area contributed by atoms with Gasteiger partial charge in [0.25, 0.3) is 0 Å². The molecule has 0 atom stereocenters. The molecule has 0 aliphatic heterocycles. The first-order valence-corrected chi connectivity index (χ1v) is 11.7. The van der Waals surface area contributed by atoms with E-state index in [1.807, 2.05) is 36.4 Å². The van der Waals surface area contributed by atoms with Gasteiger partial charge in [-0.05, 0) is 16.1 Å². The number of rotatable bonds is 1. The first-order chi connectivity index (χ1) is 10.9. The molecule has 0 saturated carbocycles. The summed E-state index contributed by atoms with van der Waals surface area (Å²) in [6, 6.07) is 16.0. The summed E-state index contributed by atoms with van der Waals surface area (Å²) in [6.45, 7) is 6.87. The highest BCUT2D eigenvalue weighted by molar-refractivity contribution is 6.91. The first kappa shape index (κ1) is 14.7. The monoisotopic (exact) mass is 336 g/mol. The maximum Gasteiger partial charge on any atom is 0.194 e. The lowest BCUT2D eigenvalue weighted by molar-refractivity contribution is 0.104. The molecule has 0 N–H and O–H groups in total. The second-order valence-electron chi connectivity index (χ2n) is 7.11. The summed E-state index contributed by atoms with van der Waals surface area (Å²) in [6.07, 6.45) is 0. The zero-order chi connectivity index (χ0) is 16.4. The van der Waals surface area contributed by atoms with Crippen molar-refractivity contribution in [1.29, 1.82) is 0 Å². The average Bonchev–Trinajstić information content (AvgIpc) is 2.81. The Labute approximate surface area is 141 Å². The van der Waals surface area contributed by atoms with Crippen LogP contribution in [-0.2, 0) is 0 Å². The van der Waals surface area contributed by atoms with E-state index in [9.17, 15) is 4.79 Å². The van der Waals surface area contributed by atoms with Crippen molar-refractivity contribution in [3.63, 3.8) is 0 Å². The van der Waals surface area contributed by atoms with E-state index >= 15 is 0 Å². The molecule has 23 heavy (non-hydrogen) atoms. The van der Waals surface area contributed by atoms with Crippen LogP contribution in [0.4, 0.5) is 0 Å². The summed E-state index contributed by atoms with van der Waals surface area (Å²) < 4.78 is 0. The summed E-state index contributed by atoms with van der Waals surface area (Å²) >= 11 is 6.77. The van der Waals surface area contributed by atoms with Gasteiger partial charge in [0.2, 0.25) is 0 Å². The Morgan fingerprint density at radius 2 is 1.35 bits per heavy atom. The molecule has 0 bridgehead atoms. The van der Waals surface area contributed by atoms with Crippen LogP contribution in [0.15, 0.2) is 48.5 Å². The Bertz CT molecular complexity index is 983. The lowest BCUT2D eigenvalue weighted by atomic mass is 10.00. The SMILES string of the molecule is C[Si](C)(C)c1c2c(c(Cl)c3ccccc13)-c1ccccc1C2=O. The van der Waals surface area contributed by atoms with E-state index in [0.29, 0.717) is 5.02 Å². The van der Waals surface area contributed by atoms with Gasteiger partial charge in [-0.2, -0.15) is 0 Å². The van der Waals surface area contributed by atoms with E-state index < -0.39 is 8.07 Å². The van der Waals surface area contributed by atoms with E-state index in [0.717, 1.165) is 33.0 Å². The second kappa shape index (κ2) is 4.79. The van der Waals surface area contributed by atoms with Crippen LogP contribution in [0.25, 0.3) is 21.9 Å². The lowest BCUT2D eigenvalue weighted by Crippen LogP contribution is -2.41. The standard InChI is InChI=1S/C20H17ClOSi/c1-23(2,3)20-15-11-7-5-9-13(15)18(21)16-12-8-4-6-10-14(12)19(22)17(16)20/h4-11H,1-3H3. The van der Waals surface area contributed by atoms with Crippen molar-refractivity contribution in [2.75, 3.05) is 0 Å². The maximum absolute atomic E-state index is 13.1. The molecule has 114 valence electrons. The van der Waals surface area contributed by atoms with Crippen molar-refractivity contribution in [3.05, 3.63) is 64.7 Å². The number of halogens is 1. The highest BCUT2D eigenvalue weighted by Crippen LogP contribution is 2.44. The fourth-order valence-electron chi connectivity index (χ4n) is 3.69. The van der Waals surface area contributed by atoms with Crippen molar-refractivity contribution >= 4 is 41.4 Å². The molecule has 4 rings (SSSR count). The number of benzene rings is 3. The van der Waals surface area contributed by atoms with Gasteiger partial charge in [-0.25, -0.2) is 0 Å². The third kappa shape index (κ3) is 1.95. The molecule has 3 aromatic rings. The predicted octanol–water partition coefficient (Wildman–Crippen LogP) is 5.25. The number of carbonyl (C=O) groups excluding carboxylic acids is 1. The maximum atomic E-state index is 13.1. The fraction of sp³-hybridized carbons (Fsp3) is 0.150. The summed E-state index contributed by atoms with van der Waals surface area (Å²) in [5.41, 5.74) is 3.53. The minimum Gasteiger partial charge on any atom is -0.289 e. The molecule has 0 aromatic heterocycles. The van der Waals surface area contributed by atoms with Crippen molar-refractivity contribution < 1.29 is 4.79 Å². The quantitative estimate of drug-likeness (QED) is 0.434. The van der Waals surface area contributed by atoms with Crippen molar-refractivity contribution in [2.24, 2.45) is 0 Å². The molecule has 1 nitrogen and oxygen atoms in total. The van der Waals surface area contributed by atoms with Gasteiger partial charge in [-0.1, -0.05) is 79.8 Å². The zero-order valence-electron chi connectivity index (χ0n) is 13.4. The van der Waals surface area contributed by atoms with Crippen molar-refractivity contribution in [1.82, 2.24) is 0 Å². The van der Waals surface area contributed by atoms with Crippen LogP contribution in [0.5, 0.6) is 0 Å². The van der Waals surface area contributed by atoms with Gasteiger partial charge < -0.3 is 0 Å². The number of ketones is 1. The smallest absolute Gasteiger partial charge is 0.194 e. The third-order valence-electron chi connectivity index (χ3n) is 4.57. The van der Waals surface area contributed by atoms with Gasteiger partial charge in [-0.15, -0.1) is 0 Å². The second-order valence-corrected chi connectivity index (χ2v) is 12.5. The Morgan fingerprint density at radius 1 is 0.783 bits per heavy atom. The molecule has 0 saturated heterocycles. The highest BCUT2D eigenvalue weighted by atomic mass is 35.5. The molecular weight excluding hydrogens is 320 g/mol. The molecule has 0 amide bonds. The van der Waals surface area contributed by atoms with Gasteiger partial charge in [0.05, 0.1) is 13.1 Å². The number of hydrogen-bond donors (Lipinski definition) is 0. The van der Waals surface area contributed by atoms with Crippen LogP contribution >= 0.6 is 11.6 Å². The predicted molar refractivity (Wildman–Crippen MR) is 101 cm³/mol. The Balaban J connectivity index is 2.28. The summed E-state index contributed by atoms with van der Waals surface area (Å²) in [5, 5.41) is 4.12. The molecule has 1 aliphatic rings. The van der Waals surface area contributed by atoms with Crippen LogP contribution < -0.4 is 5.19 Å². The molecule has 0 unspecified atom stereocenters. The summed E-state index contributed by atoms with van der Waals surface area (Å²) in [7, 11) is -1.74. The minimum atomic E-state index is -1.74. The van der Waals surface area contributed by atoms with E-state index in [1.165, 1.54) is 5.19 Å². The van der Waals surface area contributed by atoms with Gasteiger partial charge in [0.1, 0.15) is 0 Å². The van der Waals surface area contributed by atoms with Crippen LogP contribution in [0, 0.1) is 0 Å². The van der Waals surface area contributed by atoms with Gasteiger partial charge >= 0.3 is 0 Å². The van der Waals surface area contributed by atoms with Crippen LogP contribution in [0.1, 0.15) is 15.9 Å². The first-order valence-electron chi connectivity index (χ1n) is 7.80. The molecule has 0 radical (unpaired) electrons. The van der Waals surface area contributed by atoms with E-state index in [2.05, 4.69) is 31.8 Å². The lowest BCUT2D eigenvalue weighted by Gasteiger charge is -2.24. The van der Waals surface area contributed by atoms with Gasteiger partial charge in [0, 0.05) is 22.1 Å². The fourth-order valence-corrected chi connectivity index (χ4v) is 6.06. The van der Waals surface area contributed by atoms with Gasteiger partial charge in [-0.3, -0.25) is 4.79 Å². The molecule has 3 heteroatoms. The van der Waals surface area contributed by atoms with E-state index in [4.69, 9.17) is 11.6 Å². The number of fused-ring (bicyclic) bond motifs is 4. The molecule has 3 aromatic carbocycles. The largest absolute Gasteiger partial charge is 0.289 e. The topological polar surface area (TPSA) is 17.1 Å². The minimum absolute atomic E-state index is 0.126. The Hall–Kier alpha value is -1.90. The van der Waals surface area contributed by atoms with E-state index in [1.54, 1.807) is 0 Å². The zero-order valence-corrected chi connectivity index (χ0v) is 15.2. The summed E-state index contributed by atoms with van der Waals surface area (Å²) in [5.74, 6) is 0.126. The van der Waals surface area contributed by atoms with Crippen LogP contribution in [-0.4, -0.2) is 13.9 Å². The number of hydrogen-bond acceptors (Lipinski definition) is 1. The van der Waals surface area contributed by atoms with E-state index in [-0.39, 0.29) is 5.78 Å². The highest BCUT2D eigenvalue weighted by Gasteiger charge is 2.36. The summed E-state index contributed by atoms with van der Waals surface area (Å²) in [4.78, 5) is 13.1. The average molecular weight is 337 g/mol. The Morgan fingerprint density at radius 3 is 2.00 bits per heavy atom. The molecule has 0 spiro atoms.